The van der Waals surface area contributed by atoms with Crippen molar-refractivity contribution in [1.82, 2.24) is 0 Å². The summed E-state index contributed by atoms with van der Waals surface area (Å²) in [7, 11) is 1.40. The van der Waals surface area contributed by atoms with E-state index in [9.17, 15) is 9.90 Å². The first-order chi connectivity index (χ1) is 8.56. The van der Waals surface area contributed by atoms with Crippen molar-refractivity contribution in [3.05, 3.63) is 29.8 Å². The quantitative estimate of drug-likeness (QED) is 0.760. The highest BCUT2D eigenvalue weighted by atomic mass is 16.5. The molecule has 4 heteroatoms. The maximum Gasteiger partial charge on any atom is 0.315 e. The van der Waals surface area contributed by atoms with E-state index in [2.05, 4.69) is 4.90 Å². The molecule has 1 aromatic rings. The number of carbonyl (C=O) groups is 1. The fourth-order valence-electron chi connectivity index (χ4n) is 3.34. The lowest BCUT2D eigenvalue weighted by Gasteiger charge is -2.30. The molecule has 0 saturated carbocycles. The normalized spacial score (nSPS) is 33.2. The molecule has 0 amide bonds. The van der Waals surface area contributed by atoms with Gasteiger partial charge in [-0.25, -0.2) is 0 Å². The van der Waals surface area contributed by atoms with Crippen LogP contribution in [0.2, 0.25) is 0 Å². The van der Waals surface area contributed by atoms with Gasteiger partial charge in [-0.15, -0.1) is 0 Å². The highest BCUT2D eigenvalue weighted by Crippen LogP contribution is 2.49. The van der Waals surface area contributed by atoms with E-state index >= 15 is 0 Å². The maximum atomic E-state index is 12.0. The number of hydrogen-bond acceptors (Lipinski definition) is 4. The number of ether oxygens (including phenoxy) is 1. The van der Waals surface area contributed by atoms with Crippen LogP contribution < -0.4 is 4.90 Å². The first-order valence-corrected chi connectivity index (χ1v) is 6.22. The molecule has 2 heterocycles. The zero-order valence-electron chi connectivity index (χ0n) is 10.6. The Morgan fingerprint density at radius 1 is 1.50 bits per heavy atom. The van der Waals surface area contributed by atoms with Crippen molar-refractivity contribution < 1.29 is 14.6 Å². The second kappa shape index (κ2) is 3.72. The third-order valence-corrected chi connectivity index (χ3v) is 4.18. The van der Waals surface area contributed by atoms with Crippen LogP contribution in [0.4, 0.5) is 5.69 Å². The third-order valence-electron chi connectivity index (χ3n) is 4.18. The van der Waals surface area contributed by atoms with Gasteiger partial charge in [0, 0.05) is 12.2 Å². The van der Waals surface area contributed by atoms with Gasteiger partial charge in [0.25, 0.3) is 0 Å². The van der Waals surface area contributed by atoms with Crippen LogP contribution >= 0.6 is 0 Å². The second-order valence-electron chi connectivity index (χ2n) is 5.31. The molecule has 0 bridgehead atoms. The summed E-state index contributed by atoms with van der Waals surface area (Å²) in [5.74, 6) is -0.652. The molecule has 0 unspecified atom stereocenters. The van der Waals surface area contributed by atoms with E-state index in [0.717, 1.165) is 17.8 Å². The van der Waals surface area contributed by atoms with Crippen LogP contribution in [-0.2, 0) is 9.53 Å². The summed E-state index contributed by atoms with van der Waals surface area (Å²) in [4.78, 5) is 14.2. The molecule has 1 N–H and O–H groups in total. The third kappa shape index (κ3) is 1.38. The SMILES string of the molecule is COC(=O)[C@H]1c2ccccc2N2CC[C@](C)(O)[C@@H]12. The molecule has 2 aliphatic heterocycles. The van der Waals surface area contributed by atoms with Gasteiger partial charge >= 0.3 is 5.97 Å². The average molecular weight is 247 g/mol. The number of rotatable bonds is 1. The van der Waals surface area contributed by atoms with Crippen molar-refractivity contribution in [2.45, 2.75) is 30.9 Å². The fraction of sp³-hybridized carbons (Fsp3) is 0.500. The summed E-state index contributed by atoms with van der Waals surface area (Å²) < 4.78 is 4.92. The highest BCUT2D eigenvalue weighted by molar-refractivity contribution is 5.86. The monoisotopic (exact) mass is 247 g/mol. The summed E-state index contributed by atoms with van der Waals surface area (Å²) >= 11 is 0. The lowest BCUT2D eigenvalue weighted by atomic mass is 9.84. The standard InChI is InChI=1S/C14H17NO3/c1-14(17)7-8-15-10-6-4-3-5-9(10)11(12(14)15)13(16)18-2/h3-6,11-12,17H,7-8H2,1-2H3/t11-,12+,14-/m0/s1. The topological polar surface area (TPSA) is 49.8 Å². The first-order valence-electron chi connectivity index (χ1n) is 6.22. The fourth-order valence-corrected chi connectivity index (χ4v) is 3.34. The molecule has 0 aliphatic carbocycles. The van der Waals surface area contributed by atoms with Gasteiger partial charge < -0.3 is 14.7 Å². The Labute approximate surface area is 106 Å². The van der Waals surface area contributed by atoms with Crippen molar-refractivity contribution in [2.75, 3.05) is 18.6 Å². The van der Waals surface area contributed by atoms with Gasteiger partial charge in [-0.1, -0.05) is 18.2 Å². The lowest BCUT2D eigenvalue weighted by Crippen LogP contribution is -2.45. The van der Waals surface area contributed by atoms with E-state index in [4.69, 9.17) is 4.74 Å². The van der Waals surface area contributed by atoms with Gasteiger partial charge in [0.05, 0.1) is 18.8 Å². The predicted octanol–water partition coefficient (Wildman–Crippen LogP) is 1.29. The van der Waals surface area contributed by atoms with Crippen molar-refractivity contribution >= 4 is 11.7 Å². The number of carbonyl (C=O) groups excluding carboxylic acids is 1. The molecule has 3 atom stereocenters. The number of methoxy groups -OCH3 is 1. The van der Waals surface area contributed by atoms with E-state index in [-0.39, 0.29) is 17.9 Å². The molecular formula is C14H17NO3. The van der Waals surface area contributed by atoms with E-state index in [0.29, 0.717) is 6.42 Å². The van der Waals surface area contributed by atoms with Crippen LogP contribution in [-0.4, -0.2) is 36.4 Å². The van der Waals surface area contributed by atoms with Gasteiger partial charge in [0.2, 0.25) is 0 Å². The van der Waals surface area contributed by atoms with Crippen molar-refractivity contribution in [1.29, 1.82) is 0 Å². The molecule has 1 aromatic carbocycles. The number of benzene rings is 1. The lowest BCUT2D eigenvalue weighted by molar-refractivity contribution is -0.144. The zero-order chi connectivity index (χ0) is 12.9. The van der Waals surface area contributed by atoms with Gasteiger partial charge in [0.1, 0.15) is 5.92 Å². The van der Waals surface area contributed by atoms with Crippen molar-refractivity contribution in [3.8, 4) is 0 Å². The molecule has 1 fully saturated rings. The van der Waals surface area contributed by atoms with Crippen LogP contribution in [0.3, 0.4) is 0 Å². The largest absolute Gasteiger partial charge is 0.468 e. The van der Waals surface area contributed by atoms with Gasteiger partial charge in [0.15, 0.2) is 0 Å². The molecule has 0 aromatic heterocycles. The van der Waals surface area contributed by atoms with E-state index in [1.165, 1.54) is 7.11 Å². The Morgan fingerprint density at radius 3 is 2.94 bits per heavy atom. The molecule has 96 valence electrons. The Morgan fingerprint density at radius 2 is 2.22 bits per heavy atom. The van der Waals surface area contributed by atoms with E-state index < -0.39 is 5.60 Å². The van der Waals surface area contributed by atoms with E-state index in [1.807, 2.05) is 24.3 Å². The summed E-state index contributed by atoms with van der Waals surface area (Å²) in [6.45, 7) is 2.58. The summed E-state index contributed by atoms with van der Waals surface area (Å²) in [5, 5.41) is 10.5. The van der Waals surface area contributed by atoms with Gasteiger partial charge in [-0.05, 0) is 25.0 Å². The van der Waals surface area contributed by atoms with Crippen LogP contribution in [0.15, 0.2) is 24.3 Å². The minimum Gasteiger partial charge on any atom is -0.468 e. The summed E-state index contributed by atoms with van der Waals surface area (Å²) in [6.07, 6.45) is 0.680. The minimum atomic E-state index is -0.849. The molecule has 2 aliphatic rings. The molecule has 3 rings (SSSR count). The number of nitrogens with zero attached hydrogens (tertiary/aromatic N) is 1. The number of para-hydroxylation sites is 1. The Hall–Kier alpha value is -1.55. The van der Waals surface area contributed by atoms with Crippen molar-refractivity contribution in [2.24, 2.45) is 0 Å². The average Bonchev–Trinajstić information content (AvgIpc) is 2.85. The second-order valence-corrected chi connectivity index (χ2v) is 5.31. The molecular weight excluding hydrogens is 230 g/mol. The maximum absolute atomic E-state index is 12.0. The molecule has 0 spiro atoms. The number of hydrogen-bond donors (Lipinski definition) is 1. The van der Waals surface area contributed by atoms with Crippen LogP contribution in [0.25, 0.3) is 0 Å². The Bertz CT molecular complexity index is 498. The number of esters is 1. The molecule has 4 nitrogen and oxygen atoms in total. The van der Waals surface area contributed by atoms with Crippen LogP contribution in [0.1, 0.15) is 24.8 Å². The zero-order valence-corrected chi connectivity index (χ0v) is 10.6. The molecule has 1 saturated heterocycles. The highest BCUT2D eigenvalue weighted by Gasteiger charge is 2.55. The van der Waals surface area contributed by atoms with Crippen LogP contribution in [0.5, 0.6) is 0 Å². The molecule has 0 radical (unpaired) electrons. The first kappa shape index (κ1) is 11.5. The Balaban J connectivity index is 2.13. The van der Waals surface area contributed by atoms with Gasteiger partial charge in [-0.3, -0.25) is 4.79 Å². The summed E-state index contributed by atoms with van der Waals surface area (Å²) in [6, 6.07) is 7.63. The summed E-state index contributed by atoms with van der Waals surface area (Å²) in [5.41, 5.74) is 1.17. The van der Waals surface area contributed by atoms with Gasteiger partial charge in [-0.2, -0.15) is 0 Å². The van der Waals surface area contributed by atoms with Crippen molar-refractivity contribution in [3.63, 3.8) is 0 Å². The minimum absolute atomic E-state index is 0.206. The molecule has 18 heavy (non-hydrogen) atoms. The number of anilines is 1. The van der Waals surface area contributed by atoms with E-state index in [1.54, 1.807) is 6.92 Å². The predicted molar refractivity (Wildman–Crippen MR) is 67.6 cm³/mol. The van der Waals surface area contributed by atoms with Crippen LogP contribution in [0, 0.1) is 0 Å². The smallest absolute Gasteiger partial charge is 0.315 e. The Kier molecular flexibility index (Phi) is 2.38. The number of fused-ring (bicyclic) bond motifs is 3. The number of aliphatic hydroxyl groups is 1.